The van der Waals surface area contributed by atoms with E-state index in [0.29, 0.717) is 6.29 Å². The molecule has 0 fully saturated rings. The number of hydrogen-bond donors (Lipinski definition) is 1. The molecule has 2 nitrogen and oxygen atoms in total. The largest absolute Gasteiger partial charge is 0.505 e. The molecule has 0 aromatic heterocycles. The molecule has 0 aromatic rings. The SMILES string of the molecule is CCCCCCCCC/C=C(\O)C=O. The van der Waals surface area contributed by atoms with Gasteiger partial charge >= 0.3 is 0 Å². The van der Waals surface area contributed by atoms with Crippen LogP contribution in [0.3, 0.4) is 0 Å². The van der Waals surface area contributed by atoms with Gasteiger partial charge in [-0.05, 0) is 18.9 Å². The molecule has 2 heteroatoms. The molecule has 0 aliphatic heterocycles. The average molecular weight is 198 g/mol. The highest BCUT2D eigenvalue weighted by Crippen LogP contribution is 2.08. The summed E-state index contributed by atoms with van der Waals surface area (Å²) < 4.78 is 0. The van der Waals surface area contributed by atoms with E-state index in [2.05, 4.69) is 6.92 Å². The van der Waals surface area contributed by atoms with Gasteiger partial charge in [-0.1, -0.05) is 45.4 Å². The molecule has 0 aliphatic carbocycles. The minimum atomic E-state index is -0.129. The summed E-state index contributed by atoms with van der Waals surface area (Å²) in [4.78, 5) is 10.0. The van der Waals surface area contributed by atoms with E-state index >= 15 is 0 Å². The fourth-order valence-electron chi connectivity index (χ4n) is 1.40. The topological polar surface area (TPSA) is 37.3 Å². The van der Waals surface area contributed by atoms with Crippen LogP contribution < -0.4 is 0 Å². The van der Waals surface area contributed by atoms with E-state index in [4.69, 9.17) is 5.11 Å². The third-order valence-corrected chi connectivity index (χ3v) is 2.28. The predicted molar refractivity (Wildman–Crippen MR) is 59.4 cm³/mol. The second-order valence-corrected chi connectivity index (χ2v) is 3.66. The summed E-state index contributed by atoms with van der Waals surface area (Å²) in [6.07, 6.45) is 11.7. The number of aliphatic hydroxyl groups excluding tert-OH is 1. The van der Waals surface area contributed by atoms with Crippen LogP contribution in [0.2, 0.25) is 0 Å². The maximum Gasteiger partial charge on any atom is 0.184 e. The van der Waals surface area contributed by atoms with E-state index in [1.165, 1.54) is 38.5 Å². The van der Waals surface area contributed by atoms with Crippen molar-refractivity contribution in [3.8, 4) is 0 Å². The molecular formula is C12H22O2. The minimum absolute atomic E-state index is 0.129. The molecule has 0 heterocycles. The molecule has 0 rings (SSSR count). The Balaban J connectivity index is 3.10. The maximum absolute atomic E-state index is 10.0. The summed E-state index contributed by atoms with van der Waals surface area (Å²) in [5.74, 6) is -0.129. The Hall–Kier alpha value is -0.790. The lowest BCUT2D eigenvalue weighted by Crippen LogP contribution is -1.82. The van der Waals surface area contributed by atoms with Crippen LogP contribution in [0.15, 0.2) is 11.8 Å². The van der Waals surface area contributed by atoms with Gasteiger partial charge in [0.1, 0.15) is 0 Å². The predicted octanol–water partition coefficient (Wildman–Crippen LogP) is 3.77. The van der Waals surface area contributed by atoms with Crippen molar-refractivity contribution in [1.82, 2.24) is 0 Å². The van der Waals surface area contributed by atoms with Crippen molar-refractivity contribution in [3.05, 3.63) is 11.8 Å². The van der Waals surface area contributed by atoms with Gasteiger partial charge in [-0.2, -0.15) is 0 Å². The Kier molecular flexibility index (Phi) is 9.71. The molecule has 1 N–H and O–H groups in total. The fourth-order valence-corrected chi connectivity index (χ4v) is 1.40. The molecule has 0 atom stereocenters. The molecule has 0 bridgehead atoms. The Labute approximate surface area is 87.0 Å². The summed E-state index contributed by atoms with van der Waals surface area (Å²) in [6.45, 7) is 2.22. The number of aldehydes is 1. The number of aliphatic hydroxyl groups is 1. The highest BCUT2D eigenvalue weighted by Gasteiger charge is 1.91. The highest BCUT2D eigenvalue weighted by atomic mass is 16.3. The van der Waals surface area contributed by atoms with E-state index < -0.39 is 0 Å². The first kappa shape index (κ1) is 13.2. The van der Waals surface area contributed by atoms with Gasteiger partial charge in [0.25, 0.3) is 0 Å². The van der Waals surface area contributed by atoms with Gasteiger partial charge in [0.05, 0.1) is 0 Å². The highest BCUT2D eigenvalue weighted by molar-refractivity contribution is 5.69. The smallest absolute Gasteiger partial charge is 0.184 e. The van der Waals surface area contributed by atoms with Gasteiger partial charge in [0, 0.05) is 0 Å². The van der Waals surface area contributed by atoms with Crippen molar-refractivity contribution >= 4 is 6.29 Å². The van der Waals surface area contributed by atoms with Crippen molar-refractivity contribution in [1.29, 1.82) is 0 Å². The van der Waals surface area contributed by atoms with Crippen molar-refractivity contribution < 1.29 is 9.90 Å². The Morgan fingerprint density at radius 1 is 1.07 bits per heavy atom. The summed E-state index contributed by atoms with van der Waals surface area (Å²) in [6, 6.07) is 0. The Morgan fingerprint density at radius 2 is 1.64 bits per heavy atom. The fraction of sp³-hybridized carbons (Fsp3) is 0.750. The van der Waals surface area contributed by atoms with Crippen LogP contribution >= 0.6 is 0 Å². The van der Waals surface area contributed by atoms with E-state index in [1.807, 2.05) is 0 Å². The van der Waals surface area contributed by atoms with Crippen LogP contribution in [0.1, 0.15) is 58.3 Å². The zero-order valence-corrected chi connectivity index (χ0v) is 9.17. The van der Waals surface area contributed by atoms with Gasteiger partial charge in [0.2, 0.25) is 0 Å². The molecule has 0 saturated carbocycles. The minimum Gasteiger partial charge on any atom is -0.505 e. The van der Waals surface area contributed by atoms with Gasteiger partial charge in [-0.15, -0.1) is 0 Å². The zero-order chi connectivity index (χ0) is 10.6. The molecular weight excluding hydrogens is 176 g/mol. The normalized spacial score (nSPS) is 11.6. The second-order valence-electron chi connectivity index (χ2n) is 3.66. The van der Waals surface area contributed by atoms with Gasteiger partial charge < -0.3 is 5.11 Å². The lowest BCUT2D eigenvalue weighted by Gasteiger charge is -1.98. The van der Waals surface area contributed by atoms with Gasteiger partial charge in [-0.25, -0.2) is 0 Å². The molecule has 0 aliphatic rings. The molecule has 0 radical (unpaired) electrons. The number of hydrogen-bond acceptors (Lipinski definition) is 2. The summed E-state index contributed by atoms with van der Waals surface area (Å²) in [7, 11) is 0. The van der Waals surface area contributed by atoms with E-state index in [0.717, 1.165) is 12.8 Å². The van der Waals surface area contributed by atoms with Crippen LogP contribution in [0, 0.1) is 0 Å². The molecule has 0 amide bonds. The lowest BCUT2D eigenvalue weighted by atomic mass is 10.1. The van der Waals surface area contributed by atoms with E-state index in [-0.39, 0.29) is 5.76 Å². The first-order valence-corrected chi connectivity index (χ1v) is 5.65. The van der Waals surface area contributed by atoms with Crippen LogP contribution in [0.5, 0.6) is 0 Å². The lowest BCUT2D eigenvalue weighted by molar-refractivity contribution is -0.107. The maximum atomic E-state index is 10.0. The number of rotatable bonds is 9. The monoisotopic (exact) mass is 198 g/mol. The second kappa shape index (κ2) is 10.3. The summed E-state index contributed by atoms with van der Waals surface area (Å²) in [5, 5.41) is 8.82. The number of carbonyl (C=O) groups excluding carboxylic acids is 1. The number of carbonyl (C=O) groups is 1. The van der Waals surface area contributed by atoms with Gasteiger partial charge in [-0.3, -0.25) is 4.79 Å². The third kappa shape index (κ3) is 9.30. The van der Waals surface area contributed by atoms with Crippen LogP contribution in [-0.2, 0) is 4.79 Å². The standard InChI is InChI=1S/C12H22O2/c1-2-3-4-5-6-7-8-9-10-12(14)11-13/h10-11,14H,2-9H2,1H3/b12-10-. The van der Waals surface area contributed by atoms with Crippen LogP contribution in [0.25, 0.3) is 0 Å². The quantitative estimate of drug-likeness (QED) is 0.265. The third-order valence-electron chi connectivity index (χ3n) is 2.28. The first-order chi connectivity index (χ1) is 6.81. The number of unbranched alkanes of at least 4 members (excludes halogenated alkanes) is 7. The zero-order valence-electron chi connectivity index (χ0n) is 9.17. The van der Waals surface area contributed by atoms with E-state index in [1.54, 1.807) is 6.08 Å². The van der Waals surface area contributed by atoms with E-state index in [9.17, 15) is 4.79 Å². The average Bonchev–Trinajstić information content (AvgIpc) is 2.21. The van der Waals surface area contributed by atoms with Crippen LogP contribution in [0.4, 0.5) is 0 Å². The molecule has 0 saturated heterocycles. The van der Waals surface area contributed by atoms with Gasteiger partial charge in [0.15, 0.2) is 12.0 Å². The van der Waals surface area contributed by atoms with Crippen LogP contribution in [-0.4, -0.2) is 11.4 Å². The molecule has 14 heavy (non-hydrogen) atoms. The van der Waals surface area contributed by atoms with Crippen molar-refractivity contribution in [2.45, 2.75) is 58.3 Å². The first-order valence-electron chi connectivity index (χ1n) is 5.65. The van der Waals surface area contributed by atoms with Crippen molar-refractivity contribution in [3.63, 3.8) is 0 Å². The number of allylic oxidation sites excluding steroid dienone is 2. The van der Waals surface area contributed by atoms with Crippen molar-refractivity contribution in [2.24, 2.45) is 0 Å². The molecule has 0 spiro atoms. The molecule has 0 aromatic carbocycles. The Morgan fingerprint density at radius 3 is 2.21 bits per heavy atom. The molecule has 82 valence electrons. The summed E-state index contributed by atoms with van der Waals surface area (Å²) in [5.41, 5.74) is 0. The molecule has 0 unspecified atom stereocenters. The summed E-state index contributed by atoms with van der Waals surface area (Å²) >= 11 is 0. The Bertz CT molecular complexity index is 162. The van der Waals surface area contributed by atoms with Crippen molar-refractivity contribution in [2.75, 3.05) is 0 Å².